The Morgan fingerprint density at radius 2 is 0.731 bits per heavy atom. The van der Waals surface area contributed by atoms with Gasteiger partial charge in [0.2, 0.25) is 12.2 Å². The quantitative estimate of drug-likeness (QED) is 0.298. The minimum Gasteiger partial charge on any atom is -0.438 e. The molecule has 0 heterocycles. The van der Waals surface area contributed by atoms with Crippen LogP contribution in [0.1, 0.15) is 91.9 Å². The lowest BCUT2D eigenvalue weighted by atomic mass is 10.0. The number of methoxy groups -OCH3 is 2. The number of hydrogen-bond acceptors (Lipinski definition) is 7. The minimum absolute atomic E-state index is 0. The van der Waals surface area contributed by atoms with E-state index in [1.54, 1.807) is 0 Å². The zero-order chi connectivity index (χ0) is 18.9. The molecule has 7 heteroatoms. The topological polar surface area (TPSA) is 117 Å². The van der Waals surface area contributed by atoms with E-state index in [-0.39, 0.29) is 14.9 Å². The van der Waals surface area contributed by atoms with Gasteiger partial charge in [0.15, 0.2) is 0 Å². The monoisotopic (exact) mass is 376 g/mol. The molecule has 0 amide bonds. The van der Waals surface area contributed by atoms with Gasteiger partial charge in [-0.05, 0) is 0 Å². The van der Waals surface area contributed by atoms with Gasteiger partial charge in [-0.2, -0.15) is 0 Å². The average Bonchev–Trinajstić information content (AvgIpc) is 2.66. The second-order valence-corrected chi connectivity index (χ2v) is 5.11. The van der Waals surface area contributed by atoms with Gasteiger partial charge >= 0.3 is 6.16 Å². The maximum absolute atomic E-state index is 9.74. The number of isocyanates is 2. The fourth-order valence-corrected chi connectivity index (χ4v) is 2.20. The summed E-state index contributed by atoms with van der Waals surface area (Å²) in [5.74, 6) is 0. The van der Waals surface area contributed by atoms with Crippen molar-refractivity contribution in [1.82, 2.24) is 0 Å². The summed E-state index contributed by atoms with van der Waals surface area (Å²) < 4.78 is 8.08. The summed E-state index contributed by atoms with van der Waals surface area (Å²) >= 11 is 0. The summed E-state index contributed by atoms with van der Waals surface area (Å²) in [7, 11) is 2.51. The summed E-state index contributed by atoms with van der Waals surface area (Å²) in [5, 5.41) is 10.8. The number of rotatable bonds is 0. The van der Waals surface area contributed by atoms with Crippen molar-refractivity contribution in [3.8, 4) is 0 Å². The molecule has 0 saturated heterocycles. The van der Waals surface area contributed by atoms with E-state index in [0.717, 1.165) is 12.2 Å². The first-order valence-corrected chi connectivity index (χ1v) is 8.34. The molecule has 2 saturated carbocycles. The molecule has 0 atom stereocenters. The molecule has 0 unspecified atom stereocenters. The molecule has 2 rings (SSSR count). The summed E-state index contributed by atoms with van der Waals surface area (Å²) in [6.45, 7) is 0. The molecule has 156 valence electrons. The second-order valence-electron chi connectivity index (χ2n) is 5.11. The highest BCUT2D eigenvalue weighted by atomic mass is 16.7. The molecular formula is C19H40N2O5. The smallest absolute Gasteiger partial charge is 0.438 e. The molecule has 2 aliphatic carbocycles. The molecule has 0 aromatic carbocycles. The van der Waals surface area contributed by atoms with Crippen molar-refractivity contribution in [1.29, 1.82) is 10.8 Å². The first kappa shape index (κ1) is 35.2. The van der Waals surface area contributed by atoms with E-state index < -0.39 is 6.16 Å². The highest BCUT2D eigenvalue weighted by molar-refractivity contribution is 5.59. The third-order valence-corrected chi connectivity index (χ3v) is 3.33. The van der Waals surface area contributed by atoms with Crippen LogP contribution in [0.4, 0.5) is 4.79 Å². The Morgan fingerprint density at radius 1 is 0.615 bits per heavy atom. The zero-order valence-corrected chi connectivity index (χ0v) is 15.0. The molecule has 7 nitrogen and oxygen atoms in total. The Kier molecular flexibility index (Phi) is 52.2. The Morgan fingerprint density at radius 3 is 0.769 bits per heavy atom. The molecule has 0 aromatic rings. The van der Waals surface area contributed by atoms with Crippen LogP contribution in [0.2, 0.25) is 0 Å². The summed E-state index contributed by atoms with van der Waals surface area (Å²) in [4.78, 5) is 26.4. The Labute approximate surface area is 159 Å². The maximum Gasteiger partial charge on any atom is 0.507 e. The molecule has 2 N–H and O–H groups in total. The van der Waals surface area contributed by atoms with Gasteiger partial charge in [0.25, 0.3) is 0 Å². The van der Waals surface area contributed by atoms with Crippen molar-refractivity contribution in [2.45, 2.75) is 91.9 Å². The molecule has 0 aliphatic heterocycles. The van der Waals surface area contributed by atoms with Gasteiger partial charge in [0, 0.05) is 0 Å². The molecule has 0 bridgehead atoms. The van der Waals surface area contributed by atoms with E-state index >= 15 is 0 Å². The predicted molar refractivity (Wildman–Crippen MR) is 105 cm³/mol. The van der Waals surface area contributed by atoms with Crippen LogP contribution in [0.5, 0.6) is 0 Å². The molecule has 0 radical (unpaired) electrons. The normalized spacial score (nSPS) is 13.3. The first-order chi connectivity index (χ1) is 11.6. The fraction of sp³-hybridized carbons (Fsp3) is 0.842. The van der Waals surface area contributed by atoms with Crippen LogP contribution in [-0.2, 0) is 19.1 Å². The van der Waals surface area contributed by atoms with Gasteiger partial charge < -0.3 is 9.47 Å². The van der Waals surface area contributed by atoms with Crippen molar-refractivity contribution in [3.63, 3.8) is 0 Å². The van der Waals surface area contributed by atoms with E-state index in [9.17, 15) is 4.79 Å². The molecular weight excluding hydrogens is 336 g/mol. The van der Waals surface area contributed by atoms with Crippen LogP contribution in [0.15, 0.2) is 0 Å². The van der Waals surface area contributed by atoms with Crippen LogP contribution in [-0.4, -0.2) is 32.5 Å². The van der Waals surface area contributed by atoms with Crippen LogP contribution in [0, 0.1) is 10.8 Å². The van der Waals surface area contributed by atoms with Gasteiger partial charge in [-0.1, -0.05) is 91.9 Å². The van der Waals surface area contributed by atoms with Crippen LogP contribution < -0.4 is 0 Å². The lowest BCUT2D eigenvalue weighted by molar-refractivity contribution is 0.0924. The van der Waals surface area contributed by atoms with E-state index in [2.05, 4.69) is 9.47 Å². The number of carbonyl (C=O) groups is 1. The van der Waals surface area contributed by atoms with Gasteiger partial charge in [0.05, 0.1) is 14.2 Å². The number of ether oxygens (including phenoxy) is 2. The first-order valence-electron chi connectivity index (χ1n) is 8.34. The number of nitrogens with one attached hydrogen (secondary N) is 2. The van der Waals surface area contributed by atoms with Crippen molar-refractivity contribution >= 4 is 18.3 Å². The van der Waals surface area contributed by atoms with E-state index in [1.807, 2.05) is 0 Å². The van der Waals surface area contributed by atoms with Crippen LogP contribution in [0.3, 0.4) is 0 Å². The van der Waals surface area contributed by atoms with Crippen molar-refractivity contribution in [2.24, 2.45) is 0 Å². The summed E-state index contributed by atoms with van der Waals surface area (Å²) in [6.07, 6.45) is 18.8. The molecule has 0 aromatic heterocycles. The maximum atomic E-state index is 9.74. The van der Waals surface area contributed by atoms with Crippen molar-refractivity contribution in [2.75, 3.05) is 14.2 Å². The molecule has 26 heavy (non-hydrogen) atoms. The third kappa shape index (κ3) is 49.5. The highest BCUT2D eigenvalue weighted by Crippen LogP contribution is 2.15. The van der Waals surface area contributed by atoms with Crippen molar-refractivity contribution < 1.29 is 23.9 Å². The predicted octanol–water partition coefficient (Wildman–Crippen LogP) is 6.15. The lowest BCUT2D eigenvalue weighted by Crippen LogP contribution is -1.97. The summed E-state index contributed by atoms with van der Waals surface area (Å²) in [5.41, 5.74) is 0. The number of hydrogen-bond donors (Lipinski definition) is 2. The Bertz CT molecular complexity index is 263. The molecule has 0 spiro atoms. The largest absolute Gasteiger partial charge is 0.507 e. The fourth-order valence-electron chi connectivity index (χ4n) is 2.20. The van der Waals surface area contributed by atoms with Gasteiger partial charge in [-0.25, -0.2) is 25.2 Å². The number of carbonyl (C=O) groups excluding carboxylic acids is 3. The van der Waals surface area contributed by atoms with Gasteiger partial charge in [-0.3, -0.25) is 0 Å². The standard InChI is InChI=1S/2C6H12.C3H6O3.2CHNO.2CH4/c2*1-2-4-6-5-3-1;1-5-3(4)6-2;2*2-1-3;;/h2*1-6H2;1-2H3;2*2H;2*1H4. The Hall–Kier alpha value is -1.97. The second kappa shape index (κ2) is 38.5. The highest BCUT2D eigenvalue weighted by Gasteiger charge is 1.96. The zero-order valence-electron chi connectivity index (χ0n) is 15.0. The third-order valence-electron chi connectivity index (χ3n) is 3.33. The Balaban J connectivity index is -0.0000000717. The minimum atomic E-state index is -0.657. The lowest BCUT2D eigenvalue weighted by Gasteiger charge is -2.05. The van der Waals surface area contributed by atoms with Gasteiger partial charge in [-0.15, -0.1) is 0 Å². The van der Waals surface area contributed by atoms with Crippen molar-refractivity contribution in [3.05, 3.63) is 0 Å². The van der Waals surface area contributed by atoms with E-state index in [4.69, 9.17) is 20.4 Å². The summed E-state index contributed by atoms with van der Waals surface area (Å²) in [6, 6.07) is 0. The molecule has 2 aliphatic rings. The van der Waals surface area contributed by atoms with Crippen LogP contribution in [0.25, 0.3) is 0 Å². The van der Waals surface area contributed by atoms with Crippen LogP contribution >= 0.6 is 0 Å². The van der Waals surface area contributed by atoms with Gasteiger partial charge in [0.1, 0.15) is 0 Å². The van der Waals surface area contributed by atoms with E-state index in [0.29, 0.717) is 0 Å². The van der Waals surface area contributed by atoms with E-state index in [1.165, 1.54) is 91.3 Å². The molecule has 2 fully saturated rings. The SMILES string of the molecule is C.C.C1CCCCC1.C1CCCCC1.COC(=O)OC.N=C=O.N=C=O. The average molecular weight is 377 g/mol.